The smallest absolute Gasteiger partial charge is 0.409 e. The molecular formula is C20H24FN5O4. The quantitative estimate of drug-likeness (QED) is 0.689. The number of aliphatic hydroxyl groups is 1. The molecule has 3 N–H and O–H groups in total. The molecule has 1 saturated heterocycles. The van der Waals surface area contributed by atoms with Gasteiger partial charge in [0.2, 0.25) is 0 Å². The first-order valence-electron chi connectivity index (χ1n) is 9.46. The third-order valence-corrected chi connectivity index (χ3v) is 4.77. The van der Waals surface area contributed by atoms with E-state index in [-0.39, 0.29) is 18.4 Å². The number of anilines is 2. The van der Waals surface area contributed by atoms with Gasteiger partial charge in [0.25, 0.3) is 0 Å². The number of ether oxygens (including phenoxy) is 1. The Labute approximate surface area is 173 Å². The summed E-state index contributed by atoms with van der Waals surface area (Å²) in [5.41, 5.74) is 1.42. The molecule has 10 heteroatoms. The predicted octanol–water partition coefficient (Wildman–Crippen LogP) is 2.24. The van der Waals surface area contributed by atoms with Crippen molar-refractivity contribution in [2.45, 2.75) is 13.2 Å². The van der Waals surface area contributed by atoms with Crippen LogP contribution in [0.15, 0.2) is 36.5 Å². The molecule has 0 spiro atoms. The molecule has 1 aliphatic heterocycles. The first kappa shape index (κ1) is 21.5. The Morgan fingerprint density at radius 1 is 1.17 bits per heavy atom. The fourth-order valence-corrected chi connectivity index (χ4v) is 3.13. The van der Waals surface area contributed by atoms with Crippen molar-refractivity contribution in [3.8, 4) is 0 Å². The van der Waals surface area contributed by atoms with Gasteiger partial charge in [0.15, 0.2) is 5.82 Å². The number of aliphatic hydroxyl groups excluding tert-OH is 1. The minimum atomic E-state index is -0.601. The van der Waals surface area contributed by atoms with Crippen LogP contribution in [-0.2, 0) is 17.9 Å². The zero-order chi connectivity index (χ0) is 21.5. The number of piperazine rings is 1. The highest BCUT2D eigenvalue weighted by Crippen LogP contribution is 2.21. The number of rotatable bonds is 5. The number of urea groups is 1. The van der Waals surface area contributed by atoms with Crippen LogP contribution < -0.4 is 10.6 Å². The van der Waals surface area contributed by atoms with Crippen molar-refractivity contribution in [2.24, 2.45) is 0 Å². The second-order valence-corrected chi connectivity index (χ2v) is 6.79. The molecule has 1 aromatic carbocycles. The summed E-state index contributed by atoms with van der Waals surface area (Å²) in [6.07, 6.45) is 1.05. The molecule has 1 aliphatic rings. The molecule has 0 saturated carbocycles. The Morgan fingerprint density at radius 3 is 2.57 bits per heavy atom. The highest BCUT2D eigenvalue weighted by Gasteiger charge is 2.22. The molecule has 0 atom stereocenters. The van der Waals surface area contributed by atoms with E-state index in [0.717, 1.165) is 0 Å². The number of benzene rings is 1. The molecule has 0 unspecified atom stereocenters. The fourth-order valence-electron chi connectivity index (χ4n) is 3.13. The summed E-state index contributed by atoms with van der Waals surface area (Å²) >= 11 is 0. The van der Waals surface area contributed by atoms with Gasteiger partial charge in [0.1, 0.15) is 0 Å². The standard InChI is InChI=1S/C20H24FN5O4/c1-30-20(29)26-9-7-25(8-10-26)12-14-3-2-4-17(18(14)21)24-19(28)23-15-5-6-16(13-27)22-11-15/h2-6,11,27H,7-10,12-13H2,1H3,(H2,23,24,28). The van der Waals surface area contributed by atoms with E-state index in [0.29, 0.717) is 49.7 Å². The van der Waals surface area contributed by atoms with Crippen LogP contribution in [-0.4, -0.2) is 65.3 Å². The number of nitrogens with one attached hydrogen (secondary N) is 2. The van der Waals surface area contributed by atoms with Crippen LogP contribution in [0, 0.1) is 5.82 Å². The van der Waals surface area contributed by atoms with E-state index in [1.54, 1.807) is 29.2 Å². The Kier molecular flexibility index (Phi) is 7.15. The van der Waals surface area contributed by atoms with Gasteiger partial charge in [-0.2, -0.15) is 0 Å². The van der Waals surface area contributed by atoms with Crippen LogP contribution in [0.1, 0.15) is 11.3 Å². The number of amides is 3. The second kappa shape index (κ2) is 9.99. The third kappa shape index (κ3) is 5.43. The zero-order valence-electron chi connectivity index (χ0n) is 16.6. The summed E-state index contributed by atoms with van der Waals surface area (Å²) in [5.74, 6) is -0.503. The summed E-state index contributed by atoms with van der Waals surface area (Å²) in [7, 11) is 1.35. The van der Waals surface area contributed by atoms with Crippen molar-refractivity contribution < 1.29 is 23.8 Å². The molecule has 0 aliphatic carbocycles. The van der Waals surface area contributed by atoms with Gasteiger partial charge >= 0.3 is 12.1 Å². The molecule has 9 nitrogen and oxygen atoms in total. The summed E-state index contributed by atoms with van der Waals surface area (Å²) in [4.78, 5) is 31.4. The second-order valence-electron chi connectivity index (χ2n) is 6.79. The van der Waals surface area contributed by atoms with E-state index in [2.05, 4.69) is 15.6 Å². The Bertz CT molecular complexity index is 885. The monoisotopic (exact) mass is 417 g/mol. The minimum absolute atomic E-state index is 0.0677. The SMILES string of the molecule is COC(=O)N1CCN(Cc2cccc(NC(=O)Nc3ccc(CO)nc3)c2F)CC1. The molecule has 2 aromatic rings. The van der Waals surface area contributed by atoms with Crippen molar-refractivity contribution in [3.05, 3.63) is 53.6 Å². The first-order valence-corrected chi connectivity index (χ1v) is 9.46. The van der Waals surface area contributed by atoms with Crippen LogP contribution in [0.2, 0.25) is 0 Å². The molecule has 1 aromatic heterocycles. The largest absolute Gasteiger partial charge is 0.453 e. The maximum absolute atomic E-state index is 14.9. The summed E-state index contributed by atoms with van der Waals surface area (Å²) in [6.45, 7) is 2.40. The lowest BCUT2D eigenvalue weighted by atomic mass is 10.1. The van der Waals surface area contributed by atoms with Gasteiger partial charge in [-0.25, -0.2) is 14.0 Å². The van der Waals surface area contributed by atoms with Crippen LogP contribution in [0.5, 0.6) is 0 Å². The topological polar surface area (TPSA) is 107 Å². The van der Waals surface area contributed by atoms with Gasteiger partial charge < -0.3 is 25.4 Å². The van der Waals surface area contributed by atoms with E-state index >= 15 is 0 Å². The lowest BCUT2D eigenvalue weighted by Crippen LogP contribution is -2.48. The summed E-state index contributed by atoms with van der Waals surface area (Å²) in [6, 6.07) is 7.41. The van der Waals surface area contributed by atoms with E-state index in [9.17, 15) is 14.0 Å². The fraction of sp³-hybridized carbons (Fsp3) is 0.350. The minimum Gasteiger partial charge on any atom is -0.453 e. The van der Waals surface area contributed by atoms with E-state index < -0.39 is 11.8 Å². The van der Waals surface area contributed by atoms with Gasteiger partial charge in [0.05, 0.1) is 37.0 Å². The molecule has 1 fully saturated rings. The van der Waals surface area contributed by atoms with E-state index in [1.807, 2.05) is 4.90 Å². The number of pyridine rings is 1. The molecular weight excluding hydrogens is 393 g/mol. The van der Waals surface area contributed by atoms with Gasteiger partial charge in [-0.15, -0.1) is 0 Å². The summed E-state index contributed by atoms with van der Waals surface area (Å²) < 4.78 is 19.6. The Morgan fingerprint density at radius 2 is 1.93 bits per heavy atom. The van der Waals surface area contributed by atoms with Crippen molar-refractivity contribution in [3.63, 3.8) is 0 Å². The van der Waals surface area contributed by atoms with E-state index in [1.165, 1.54) is 19.4 Å². The van der Waals surface area contributed by atoms with Gasteiger partial charge in [-0.3, -0.25) is 9.88 Å². The highest BCUT2D eigenvalue weighted by atomic mass is 19.1. The Hall–Kier alpha value is -3.24. The van der Waals surface area contributed by atoms with Gasteiger partial charge in [-0.1, -0.05) is 12.1 Å². The molecule has 30 heavy (non-hydrogen) atoms. The molecule has 3 amide bonds. The third-order valence-electron chi connectivity index (χ3n) is 4.77. The lowest BCUT2D eigenvalue weighted by molar-refractivity contribution is 0.0885. The predicted molar refractivity (Wildman–Crippen MR) is 108 cm³/mol. The molecule has 3 rings (SSSR count). The molecule has 2 heterocycles. The zero-order valence-corrected chi connectivity index (χ0v) is 16.6. The number of carbonyl (C=O) groups is 2. The van der Waals surface area contributed by atoms with Crippen molar-refractivity contribution >= 4 is 23.5 Å². The van der Waals surface area contributed by atoms with Crippen LogP contribution in [0.4, 0.5) is 25.4 Å². The van der Waals surface area contributed by atoms with Gasteiger partial charge in [0, 0.05) is 38.3 Å². The summed E-state index contributed by atoms with van der Waals surface area (Å²) in [5, 5.41) is 14.1. The number of halogens is 1. The van der Waals surface area contributed by atoms with Crippen LogP contribution in [0.3, 0.4) is 0 Å². The van der Waals surface area contributed by atoms with E-state index in [4.69, 9.17) is 9.84 Å². The number of nitrogens with zero attached hydrogens (tertiary/aromatic N) is 3. The molecule has 0 bridgehead atoms. The lowest BCUT2D eigenvalue weighted by Gasteiger charge is -2.33. The maximum atomic E-state index is 14.9. The van der Waals surface area contributed by atoms with Crippen LogP contribution in [0.25, 0.3) is 0 Å². The first-order chi connectivity index (χ1) is 14.5. The van der Waals surface area contributed by atoms with Gasteiger partial charge in [-0.05, 0) is 18.2 Å². The number of hydrogen-bond acceptors (Lipinski definition) is 6. The number of aromatic nitrogens is 1. The normalized spacial score (nSPS) is 14.3. The average Bonchev–Trinajstić information content (AvgIpc) is 2.77. The number of hydrogen-bond donors (Lipinski definition) is 3. The van der Waals surface area contributed by atoms with Crippen molar-refractivity contribution in [1.82, 2.24) is 14.8 Å². The number of methoxy groups -OCH3 is 1. The Balaban J connectivity index is 1.58. The average molecular weight is 417 g/mol. The van der Waals surface area contributed by atoms with Crippen molar-refractivity contribution in [2.75, 3.05) is 43.9 Å². The maximum Gasteiger partial charge on any atom is 0.409 e. The molecule has 160 valence electrons. The van der Waals surface area contributed by atoms with Crippen LogP contribution >= 0.6 is 0 Å². The number of carbonyl (C=O) groups excluding carboxylic acids is 2. The highest BCUT2D eigenvalue weighted by molar-refractivity contribution is 5.99. The van der Waals surface area contributed by atoms with Crippen molar-refractivity contribution in [1.29, 1.82) is 0 Å². The molecule has 0 radical (unpaired) electrons.